The molecule has 0 saturated carbocycles. The van der Waals surface area contributed by atoms with Gasteiger partial charge in [0.1, 0.15) is 5.82 Å². The molecule has 1 N–H and O–H groups in total. The molecule has 1 aromatic rings. The van der Waals surface area contributed by atoms with Crippen molar-refractivity contribution in [3.8, 4) is 0 Å². The summed E-state index contributed by atoms with van der Waals surface area (Å²) in [6.45, 7) is 11.0. The molecule has 2 nitrogen and oxygen atoms in total. The summed E-state index contributed by atoms with van der Waals surface area (Å²) in [6.07, 6.45) is 8.57. The van der Waals surface area contributed by atoms with Gasteiger partial charge < -0.3 is 5.32 Å². The van der Waals surface area contributed by atoms with Gasteiger partial charge in [-0.2, -0.15) is 0 Å². The Hall–Kier alpha value is -1.31. The lowest BCUT2D eigenvalue weighted by Crippen LogP contribution is -2.05. The Labute approximate surface area is 106 Å². The first-order chi connectivity index (χ1) is 8.42. The summed E-state index contributed by atoms with van der Waals surface area (Å²) in [5.74, 6) is 1.02. The van der Waals surface area contributed by atoms with Crippen molar-refractivity contribution < 1.29 is 0 Å². The summed E-state index contributed by atoms with van der Waals surface area (Å²) in [5.41, 5.74) is 2.68. The summed E-state index contributed by atoms with van der Waals surface area (Å²) >= 11 is 0. The van der Waals surface area contributed by atoms with Crippen LogP contribution >= 0.6 is 0 Å². The molecule has 1 heterocycles. The highest BCUT2D eigenvalue weighted by atomic mass is 15.0. The molecule has 0 radical (unpaired) electrons. The topological polar surface area (TPSA) is 24.9 Å². The lowest BCUT2D eigenvalue weighted by Gasteiger charge is -2.13. The molecule has 0 unspecified atom stereocenters. The van der Waals surface area contributed by atoms with Crippen LogP contribution in [-0.2, 0) is 6.42 Å². The number of nitrogens with zero attached hydrogens (tertiary/aromatic N) is 1. The number of aryl methyl sites for hydroxylation is 1. The Morgan fingerprint density at radius 1 is 1.24 bits per heavy atom. The van der Waals surface area contributed by atoms with E-state index < -0.39 is 0 Å². The summed E-state index contributed by atoms with van der Waals surface area (Å²) in [7, 11) is 0. The average molecular weight is 234 g/mol. The second kappa shape index (κ2) is 9.88. The molecule has 17 heavy (non-hydrogen) atoms. The second-order valence-corrected chi connectivity index (χ2v) is 3.20. The van der Waals surface area contributed by atoms with Crippen molar-refractivity contribution in [2.45, 2.75) is 47.5 Å². The van der Waals surface area contributed by atoms with E-state index in [1.54, 1.807) is 0 Å². The molecule has 2 heteroatoms. The van der Waals surface area contributed by atoms with Gasteiger partial charge in [-0.25, -0.2) is 4.98 Å². The maximum Gasteiger partial charge on any atom is 0.133 e. The maximum atomic E-state index is 4.32. The third-order valence-electron chi connectivity index (χ3n) is 2.29. The minimum Gasteiger partial charge on any atom is -0.370 e. The fraction of sp³-hybridized carbons (Fsp3) is 0.533. The number of fused-ring (bicyclic) bond motifs is 1. The van der Waals surface area contributed by atoms with Gasteiger partial charge in [0.05, 0.1) is 0 Å². The van der Waals surface area contributed by atoms with Crippen LogP contribution in [0, 0.1) is 0 Å². The van der Waals surface area contributed by atoms with Gasteiger partial charge in [0, 0.05) is 18.3 Å². The number of rotatable bonds is 2. The van der Waals surface area contributed by atoms with E-state index in [4.69, 9.17) is 0 Å². The third-order valence-corrected chi connectivity index (χ3v) is 2.29. The summed E-state index contributed by atoms with van der Waals surface area (Å²) in [6, 6.07) is 2.11. The summed E-state index contributed by atoms with van der Waals surface area (Å²) in [4.78, 5) is 4.32. The zero-order valence-electron chi connectivity index (χ0n) is 11.9. The second-order valence-electron chi connectivity index (χ2n) is 3.20. The molecule has 2 rings (SSSR count). The maximum absolute atomic E-state index is 4.32. The molecule has 0 spiro atoms. The van der Waals surface area contributed by atoms with Crippen molar-refractivity contribution in [1.29, 1.82) is 0 Å². The highest BCUT2D eigenvalue weighted by Crippen LogP contribution is 2.24. The van der Waals surface area contributed by atoms with E-state index in [-0.39, 0.29) is 0 Å². The molecule has 1 aromatic heterocycles. The molecule has 1 aliphatic carbocycles. The van der Waals surface area contributed by atoms with Crippen LogP contribution in [0.3, 0.4) is 0 Å². The van der Waals surface area contributed by atoms with Gasteiger partial charge in [0.25, 0.3) is 0 Å². The molecule has 0 saturated heterocycles. The van der Waals surface area contributed by atoms with E-state index in [2.05, 4.69) is 35.4 Å². The fourth-order valence-electron chi connectivity index (χ4n) is 1.67. The fourth-order valence-corrected chi connectivity index (χ4v) is 1.67. The van der Waals surface area contributed by atoms with E-state index in [0.29, 0.717) is 0 Å². The SMILES string of the molecule is CC.CC.CCNc1nccc2c1C=CCC2. The largest absolute Gasteiger partial charge is 0.370 e. The first kappa shape index (κ1) is 15.7. The normalized spacial score (nSPS) is 11.4. The van der Waals surface area contributed by atoms with Crippen LogP contribution in [0.5, 0.6) is 0 Å². The first-order valence-corrected chi connectivity index (χ1v) is 6.80. The third kappa shape index (κ3) is 4.59. The molecule has 1 aliphatic rings. The van der Waals surface area contributed by atoms with Crippen LogP contribution in [0.25, 0.3) is 6.08 Å². The number of nitrogens with one attached hydrogen (secondary N) is 1. The van der Waals surface area contributed by atoms with Gasteiger partial charge in [-0.3, -0.25) is 0 Å². The van der Waals surface area contributed by atoms with Crippen molar-refractivity contribution in [2.24, 2.45) is 0 Å². The highest BCUT2D eigenvalue weighted by Gasteiger charge is 2.08. The van der Waals surface area contributed by atoms with Gasteiger partial charge in [-0.15, -0.1) is 0 Å². The molecule has 0 bridgehead atoms. The van der Waals surface area contributed by atoms with Crippen molar-refractivity contribution in [3.05, 3.63) is 29.5 Å². The molecule has 96 valence electrons. The Balaban J connectivity index is 0.000000581. The monoisotopic (exact) mass is 234 g/mol. The molecule has 0 aliphatic heterocycles. The van der Waals surface area contributed by atoms with Crippen LogP contribution in [0.1, 0.15) is 52.2 Å². The molecule has 0 aromatic carbocycles. The molecule has 0 fully saturated rings. The van der Waals surface area contributed by atoms with E-state index >= 15 is 0 Å². The van der Waals surface area contributed by atoms with Gasteiger partial charge in [0.15, 0.2) is 0 Å². The predicted molar refractivity (Wildman–Crippen MR) is 78.5 cm³/mol. The zero-order valence-corrected chi connectivity index (χ0v) is 11.9. The first-order valence-electron chi connectivity index (χ1n) is 6.80. The van der Waals surface area contributed by atoms with Gasteiger partial charge in [-0.05, 0) is 31.4 Å². The Bertz CT molecular complexity index is 330. The molecule has 0 amide bonds. The van der Waals surface area contributed by atoms with Crippen LogP contribution in [0.15, 0.2) is 18.3 Å². The van der Waals surface area contributed by atoms with Crippen molar-refractivity contribution in [2.75, 3.05) is 11.9 Å². The average Bonchev–Trinajstić information content (AvgIpc) is 2.44. The number of aromatic nitrogens is 1. The van der Waals surface area contributed by atoms with Crippen LogP contribution < -0.4 is 5.32 Å². The molecular weight excluding hydrogens is 208 g/mol. The van der Waals surface area contributed by atoms with Crippen LogP contribution in [0.2, 0.25) is 0 Å². The number of allylic oxidation sites excluding steroid dienone is 1. The van der Waals surface area contributed by atoms with Crippen molar-refractivity contribution >= 4 is 11.9 Å². The zero-order chi connectivity index (χ0) is 13.1. The van der Waals surface area contributed by atoms with Crippen molar-refractivity contribution in [3.63, 3.8) is 0 Å². The van der Waals surface area contributed by atoms with Gasteiger partial charge >= 0.3 is 0 Å². The summed E-state index contributed by atoms with van der Waals surface area (Å²) in [5, 5.41) is 3.27. The Morgan fingerprint density at radius 3 is 2.59 bits per heavy atom. The Kier molecular flexibility index (Phi) is 9.12. The molecular formula is C15H26N2. The highest BCUT2D eigenvalue weighted by molar-refractivity contribution is 5.67. The van der Waals surface area contributed by atoms with Gasteiger partial charge in [-0.1, -0.05) is 39.8 Å². The van der Waals surface area contributed by atoms with Crippen molar-refractivity contribution in [1.82, 2.24) is 4.98 Å². The number of anilines is 1. The van der Waals surface area contributed by atoms with E-state index in [9.17, 15) is 0 Å². The summed E-state index contributed by atoms with van der Waals surface area (Å²) < 4.78 is 0. The van der Waals surface area contributed by atoms with E-state index in [1.165, 1.54) is 11.1 Å². The lowest BCUT2D eigenvalue weighted by atomic mass is 9.99. The number of hydrogen-bond donors (Lipinski definition) is 1. The quantitative estimate of drug-likeness (QED) is 0.813. The smallest absolute Gasteiger partial charge is 0.133 e. The van der Waals surface area contributed by atoms with E-state index in [0.717, 1.165) is 25.2 Å². The van der Waals surface area contributed by atoms with E-state index in [1.807, 2.05) is 33.9 Å². The van der Waals surface area contributed by atoms with Crippen LogP contribution in [0.4, 0.5) is 5.82 Å². The Morgan fingerprint density at radius 2 is 1.94 bits per heavy atom. The van der Waals surface area contributed by atoms with Gasteiger partial charge in [0.2, 0.25) is 0 Å². The minimum atomic E-state index is 0.928. The standard InChI is InChI=1S/C11H14N2.2C2H6/c1-2-12-11-10-6-4-3-5-9(10)7-8-13-11;2*1-2/h4,6-8H,2-3,5H2,1H3,(H,12,13);2*1-2H3. The number of pyridine rings is 1. The number of hydrogen-bond acceptors (Lipinski definition) is 2. The predicted octanol–water partition coefficient (Wildman–Crippen LogP) is 4.53. The minimum absolute atomic E-state index is 0.928. The molecule has 0 atom stereocenters. The lowest BCUT2D eigenvalue weighted by molar-refractivity contribution is 0.974. The van der Waals surface area contributed by atoms with Crippen LogP contribution in [-0.4, -0.2) is 11.5 Å².